The number of rotatable bonds is 3. The first-order valence-electron chi connectivity index (χ1n) is 4.78. The lowest BCUT2D eigenvalue weighted by atomic mass is 10.3. The SMILES string of the molecule is COc1ccc(F)c(Nc2nccn2C)c1. The molecule has 1 heterocycles. The van der Waals surface area contributed by atoms with E-state index >= 15 is 0 Å². The molecule has 0 aliphatic rings. The monoisotopic (exact) mass is 221 g/mol. The number of aryl methyl sites for hydroxylation is 1. The van der Waals surface area contributed by atoms with Crippen LogP contribution in [-0.4, -0.2) is 16.7 Å². The normalized spacial score (nSPS) is 10.2. The van der Waals surface area contributed by atoms with Gasteiger partial charge in [-0.05, 0) is 12.1 Å². The molecule has 0 spiro atoms. The quantitative estimate of drug-likeness (QED) is 0.864. The highest BCUT2D eigenvalue weighted by Crippen LogP contribution is 2.23. The highest BCUT2D eigenvalue weighted by molar-refractivity contribution is 5.57. The van der Waals surface area contributed by atoms with Crippen LogP contribution >= 0.6 is 0 Å². The van der Waals surface area contributed by atoms with Gasteiger partial charge >= 0.3 is 0 Å². The molecule has 0 radical (unpaired) electrons. The second-order valence-corrected chi connectivity index (χ2v) is 3.33. The maximum Gasteiger partial charge on any atom is 0.207 e. The zero-order valence-electron chi connectivity index (χ0n) is 9.07. The largest absolute Gasteiger partial charge is 0.497 e. The van der Waals surface area contributed by atoms with Crippen molar-refractivity contribution in [2.45, 2.75) is 0 Å². The lowest BCUT2D eigenvalue weighted by Gasteiger charge is -2.08. The van der Waals surface area contributed by atoms with Gasteiger partial charge in [0.2, 0.25) is 5.95 Å². The van der Waals surface area contributed by atoms with Crippen molar-refractivity contribution in [2.24, 2.45) is 7.05 Å². The summed E-state index contributed by atoms with van der Waals surface area (Å²) in [6.07, 6.45) is 3.42. The zero-order valence-corrected chi connectivity index (χ0v) is 9.07. The van der Waals surface area contributed by atoms with E-state index in [1.807, 2.05) is 7.05 Å². The minimum atomic E-state index is -0.344. The average Bonchev–Trinajstić information content (AvgIpc) is 2.68. The summed E-state index contributed by atoms with van der Waals surface area (Å²) in [5.74, 6) is 0.828. The van der Waals surface area contributed by atoms with Gasteiger partial charge in [-0.2, -0.15) is 0 Å². The molecule has 0 unspecified atom stereocenters. The molecule has 0 amide bonds. The Morgan fingerprint density at radius 1 is 1.44 bits per heavy atom. The fourth-order valence-electron chi connectivity index (χ4n) is 1.33. The predicted molar refractivity (Wildman–Crippen MR) is 59.4 cm³/mol. The Labute approximate surface area is 92.7 Å². The van der Waals surface area contributed by atoms with Crippen LogP contribution in [0.4, 0.5) is 16.0 Å². The number of hydrogen-bond donors (Lipinski definition) is 1. The molecule has 1 aromatic carbocycles. The fraction of sp³-hybridized carbons (Fsp3) is 0.182. The highest BCUT2D eigenvalue weighted by Gasteiger charge is 2.06. The minimum absolute atomic E-state index is 0.341. The van der Waals surface area contributed by atoms with Crippen LogP contribution in [0.1, 0.15) is 0 Å². The third-order valence-corrected chi connectivity index (χ3v) is 2.24. The summed E-state index contributed by atoms with van der Waals surface area (Å²) in [5.41, 5.74) is 0.341. The third kappa shape index (κ3) is 1.98. The molecule has 5 heteroatoms. The van der Waals surface area contributed by atoms with Crippen molar-refractivity contribution < 1.29 is 9.13 Å². The second-order valence-electron chi connectivity index (χ2n) is 3.33. The van der Waals surface area contributed by atoms with Gasteiger partial charge in [-0.3, -0.25) is 0 Å². The molecule has 0 saturated heterocycles. The van der Waals surface area contributed by atoms with E-state index in [4.69, 9.17) is 4.74 Å². The van der Waals surface area contributed by atoms with Crippen LogP contribution in [0.2, 0.25) is 0 Å². The first-order chi connectivity index (χ1) is 7.70. The molecular weight excluding hydrogens is 209 g/mol. The number of benzene rings is 1. The smallest absolute Gasteiger partial charge is 0.207 e. The van der Waals surface area contributed by atoms with Gasteiger partial charge in [0.25, 0.3) is 0 Å². The van der Waals surface area contributed by atoms with E-state index in [9.17, 15) is 4.39 Å². The first kappa shape index (κ1) is 10.5. The number of anilines is 2. The summed E-state index contributed by atoms with van der Waals surface area (Å²) in [6, 6.07) is 4.51. The first-order valence-corrected chi connectivity index (χ1v) is 4.78. The van der Waals surface area contributed by atoms with Crippen molar-refractivity contribution in [1.29, 1.82) is 0 Å². The Hall–Kier alpha value is -2.04. The number of aromatic nitrogens is 2. The van der Waals surface area contributed by atoms with Crippen molar-refractivity contribution >= 4 is 11.6 Å². The number of nitrogens with one attached hydrogen (secondary N) is 1. The number of ether oxygens (including phenoxy) is 1. The zero-order chi connectivity index (χ0) is 11.5. The van der Waals surface area contributed by atoms with Crippen LogP contribution in [0.3, 0.4) is 0 Å². The molecule has 0 aliphatic carbocycles. The van der Waals surface area contributed by atoms with Gasteiger partial charge in [0.15, 0.2) is 0 Å². The fourth-order valence-corrected chi connectivity index (χ4v) is 1.33. The summed E-state index contributed by atoms with van der Waals surface area (Å²) in [6.45, 7) is 0. The summed E-state index contributed by atoms with van der Waals surface area (Å²) in [7, 11) is 3.37. The van der Waals surface area contributed by atoms with Gasteiger partial charge in [-0.15, -0.1) is 0 Å². The molecule has 84 valence electrons. The van der Waals surface area contributed by atoms with Gasteiger partial charge < -0.3 is 14.6 Å². The maximum absolute atomic E-state index is 13.5. The number of nitrogens with zero attached hydrogens (tertiary/aromatic N) is 2. The topological polar surface area (TPSA) is 39.1 Å². The minimum Gasteiger partial charge on any atom is -0.497 e. The molecular formula is C11H12FN3O. The summed E-state index contributed by atoms with van der Waals surface area (Å²) >= 11 is 0. The summed E-state index contributed by atoms with van der Waals surface area (Å²) < 4.78 is 20.3. The maximum atomic E-state index is 13.5. The molecule has 2 rings (SSSR count). The van der Waals surface area contributed by atoms with Gasteiger partial charge in [0, 0.05) is 25.5 Å². The molecule has 4 nitrogen and oxygen atoms in total. The molecule has 0 bridgehead atoms. The van der Waals surface area contributed by atoms with Crippen molar-refractivity contribution in [3.8, 4) is 5.75 Å². The van der Waals surface area contributed by atoms with Gasteiger partial charge in [0.05, 0.1) is 12.8 Å². The number of halogens is 1. The van der Waals surface area contributed by atoms with Crippen LogP contribution in [0.15, 0.2) is 30.6 Å². The lowest BCUT2D eigenvalue weighted by Crippen LogP contribution is -2.00. The predicted octanol–water partition coefficient (Wildman–Crippen LogP) is 2.31. The van der Waals surface area contributed by atoms with E-state index in [2.05, 4.69) is 10.3 Å². The Balaban J connectivity index is 2.30. The molecule has 0 fully saturated rings. The Morgan fingerprint density at radius 3 is 2.88 bits per heavy atom. The van der Waals surface area contributed by atoms with Crippen molar-refractivity contribution in [3.63, 3.8) is 0 Å². The molecule has 2 aromatic rings. The number of imidazole rings is 1. The van der Waals surface area contributed by atoms with Crippen molar-refractivity contribution in [1.82, 2.24) is 9.55 Å². The molecule has 0 saturated carbocycles. The molecule has 1 N–H and O–H groups in total. The van der Waals surface area contributed by atoms with Crippen LogP contribution in [0.25, 0.3) is 0 Å². The van der Waals surface area contributed by atoms with Crippen LogP contribution in [0, 0.1) is 5.82 Å². The van der Waals surface area contributed by atoms with Gasteiger partial charge in [0.1, 0.15) is 11.6 Å². The van der Waals surface area contributed by atoms with E-state index in [-0.39, 0.29) is 5.82 Å². The Morgan fingerprint density at radius 2 is 2.25 bits per heavy atom. The Bertz CT molecular complexity index is 496. The Kier molecular flexibility index (Phi) is 2.76. The van der Waals surface area contributed by atoms with E-state index < -0.39 is 0 Å². The number of hydrogen-bond acceptors (Lipinski definition) is 3. The summed E-state index contributed by atoms with van der Waals surface area (Å²) in [5, 5.41) is 2.89. The van der Waals surface area contributed by atoms with Crippen LogP contribution < -0.4 is 10.1 Å². The van der Waals surface area contributed by atoms with Crippen molar-refractivity contribution in [2.75, 3.05) is 12.4 Å². The molecule has 1 aromatic heterocycles. The molecule has 0 atom stereocenters. The van der Waals surface area contributed by atoms with Crippen LogP contribution in [0.5, 0.6) is 5.75 Å². The standard InChI is InChI=1S/C11H12FN3O/c1-15-6-5-13-11(15)14-10-7-8(16-2)3-4-9(10)12/h3-7H,1-2H3,(H,13,14). The van der Waals surface area contributed by atoms with E-state index in [0.29, 0.717) is 17.4 Å². The molecule has 0 aliphatic heterocycles. The van der Waals surface area contributed by atoms with Gasteiger partial charge in [-0.25, -0.2) is 9.37 Å². The van der Waals surface area contributed by atoms with E-state index in [0.717, 1.165) is 0 Å². The highest BCUT2D eigenvalue weighted by atomic mass is 19.1. The second kappa shape index (κ2) is 4.22. The van der Waals surface area contributed by atoms with Gasteiger partial charge in [-0.1, -0.05) is 0 Å². The third-order valence-electron chi connectivity index (χ3n) is 2.24. The van der Waals surface area contributed by atoms with E-state index in [1.165, 1.54) is 13.2 Å². The molecule has 16 heavy (non-hydrogen) atoms. The number of methoxy groups -OCH3 is 1. The average molecular weight is 221 g/mol. The van der Waals surface area contributed by atoms with Crippen LogP contribution in [-0.2, 0) is 7.05 Å². The van der Waals surface area contributed by atoms with Crippen molar-refractivity contribution in [3.05, 3.63) is 36.4 Å². The summed E-state index contributed by atoms with van der Waals surface area (Å²) in [4.78, 5) is 4.05. The van der Waals surface area contributed by atoms with E-state index in [1.54, 1.807) is 29.1 Å². The lowest BCUT2D eigenvalue weighted by molar-refractivity contribution is 0.414.